The summed E-state index contributed by atoms with van der Waals surface area (Å²) in [5.74, 6) is 0.545. The Bertz CT molecular complexity index is 527. The first kappa shape index (κ1) is 14.8. The molecule has 0 aliphatic heterocycles. The smallest absolute Gasteiger partial charge is 0.0934 e. The number of aliphatic hydroxyl groups is 1. The fourth-order valence-corrected chi connectivity index (χ4v) is 2.54. The van der Waals surface area contributed by atoms with Gasteiger partial charge in [-0.2, -0.15) is 0 Å². The molecular weight excluding hydrogens is 244 g/mol. The Labute approximate surface area is 122 Å². The molecular formula is C19H24O. The number of rotatable bonds is 5. The van der Waals surface area contributed by atoms with Crippen molar-refractivity contribution >= 4 is 0 Å². The van der Waals surface area contributed by atoms with Gasteiger partial charge in [-0.3, -0.25) is 0 Å². The van der Waals surface area contributed by atoms with E-state index in [1.165, 1.54) is 11.1 Å². The van der Waals surface area contributed by atoms with Crippen LogP contribution in [0.15, 0.2) is 54.6 Å². The molecule has 0 spiro atoms. The van der Waals surface area contributed by atoms with Crippen LogP contribution in [0.4, 0.5) is 0 Å². The Morgan fingerprint density at radius 1 is 0.950 bits per heavy atom. The molecule has 0 amide bonds. The van der Waals surface area contributed by atoms with Gasteiger partial charge >= 0.3 is 0 Å². The summed E-state index contributed by atoms with van der Waals surface area (Å²) in [5.41, 5.74) is 2.74. The van der Waals surface area contributed by atoms with Gasteiger partial charge in [0, 0.05) is 6.42 Å². The van der Waals surface area contributed by atoms with E-state index < -0.39 is 5.60 Å². The van der Waals surface area contributed by atoms with Crippen LogP contribution in [-0.2, 0) is 12.0 Å². The van der Waals surface area contributed by atoms with Crippen molar-refractivity contribution in [2.75, 3.05) is 0 Å². The Balaban J connectivity index is 2.22. The van der Waals surface area contributed by atoms with E-state index in [0.29, 0.717) is 18.8 Å². The maximum atomic E-state index is 10.9. The second kappa shape index (κ2) is 6.23. The fraction of sp³-hybridized carbons (Fsp3) is 0.368. The Hall–Kier alpha value is -1.60. The first-order valence-electron chi connectivity index (χ1n) is 7.42. The highest BCUT2D eigenvalue weighted by Gasteiger charge is 2.27. The van der Waals surface area contributed by atoms with Crippen molar-refractivity contribution in [1.29, 1.82) is 0 Å². The molecule has 2 rings (SSSR count). The molecule has 0 heterocycles. The van der Waals surface area contributed by atoms with E-state index in [9.17, 15) is 5.11 Å². The summed E-state index contributed by atoms with van der Waals surface area (Å²) >= 11 is 0. The van der Waals surface area contributed by atoms with Gasteiger partial charge in [0.1, 0.15) is 0 Å². The topological polar surface area (TPSA) is 20.2 Å². The molecule has 0 aliphatic rings. The van der Waals surface area contributed by atoms with Gasteiger partial charge in [-0.1, -0.05) is 75.4 Å². The molecule has 2 aromatic carbocycles. The normalized spacial score (nSPS) is 14.2. The van der Waals surface area contributed by atoms with Gasteiger partial charge in [-0.25, -0.2) is 0 Å². The van der Waals surface area contributed by atoms with Gasteiger partial charge in [0.15, 0.2) is 0 Å². The number of benzene rings is 2. The van der Waals surface area contributed by atoms with Crippen LogP contribution < -0.4 is 0 Å². The molecule has 0 aliphatic carbocycles. The molecule has 0 saturated heterocycles. The average Bonchev–Trinajstić information content (AvgIpc) is 2.48. The minimum Gasteiger partial charge on any atom is -0.385 e. The van der Waals surface area contributed by atoms with Crippen LogP contribution >= 0.6 is 0 Å². The van der Waals surface area contributed by atoms with Gasteiger partial charge in [0.05, 0.1) is 5.60 Å². The largest absolute Gasteiger partial charge is 0.385 e. The lowest BCUT2D eigenvalue weighted by atomic mass is 9.85. The monoisotopic (exact) mass is 268 g/mol. The average molecular weight is 268 g/mol. The zero-order chi connectivity index (χ0) is 14.6. The van der Waals surface area contributed by atoms with Crippen molar-refractivity contribution in [3.8, 4) is 0 Å². The molecule has 1 heteroatoms. The summed E-state index contributed by atoms with van der Waals surface area (Å²) in [4.78, 5) is 0. The molecule has 0 radical (unpaired) electrons. The van der Waals surface area contributed by atoms with Gasteiger partial charge in [0.2, 0.25) is 0 Å². The van der Waals surface area contributed by atoms with E-state index in [-0.39, 0.29) is 0 Å². The van der Waals surface area contributed by atoms with Crippen molar-refractivity contribution in [2.45, 2.75) is 45.1 Å². The quantitative estimate of drug-likeness (QED) is 0.837. The van der Waals surface area contributed by atoms with Crippen molar-refractivity contribution in [3.05, 3.63) is 71.3 Å². The van der Waals surface area contributed by atoms with E-state index in [1.807, 2.05) is 37.3 Å². The third kappa shape index (κ3) is 3.29. The van der Waals surface area contributed by atoms with Crippen LogP contribution in [0.3, 0.4) is 0 Å². The minimum absolute atomic E-state index is 0.545. The van der Waals surface area contributed by atoms with Gasteiger partial charge in [-0.15, -0.1) is 0 Å². The molecule has 0 aromatic heterocycles. The number of hydrogen-bond donors (Lipinski definition) is 1. The molecule has 0 fully saturated rings. The SMILES string of the molecule is CCC(O)(Cc1ccc(C(C)C)cc1)c1ccccc1. The molecule has 1 N–H and O–H groups in total. The molecule has 1 nitrogen and oxygen atoms in total. The highest BCUT2D eigenvalue weighted by atomic mass is 16.3. The van der Waals surface area contributed by atoms with E-state index in [4.69, 9.17) is 0 Å². The maximum absolute atomic E-state index is 10.9. The molecule has 106 valence electrons. The predicted molar refractivity (Wildman–Crippen MR) is 84.9 cm³/mol. The molecule has 0 bridgehead atoms. The lowest BCUT2D eigenvalue weighted by Crippen LogP contribution is -2.27. The maximum Gasteiger partial charge on any atom is 0.0934 e. The van der Waals surface area contributed by atoms with Gasteiger partial charge in [-0.05, 0) is 29.0 Å². The highest BCUT2D eigenvalue weighted by molar-refractivity contribution is 5.29. The highest BCUT2D eigenvalue weighted by Crippen LogP contribution is 2.29. The van der Waals surface area contributed by atoms with Crippen molar-refractivity contribution < 1.29 is 5.11 Å². The Morgan fingerprint density at radius 3 is 2.05 bits per heavy atom. The van der Waals surface area contributed by atoms with Crippen LogP contribution in [0.5, 0.6) is 0 Å². The van der Waals surface area contributed by atoms with Crippen LogP contribution in [-0.4, -0.2) is 5.11 Å². The Kier molecular flexibility index (Phi) is 4.61. The molecule has 1 atom stereocenters. The van der Waals surface area contributed by atoms with Crippen LogP contribution in [0, 0.1) is 0 Å². The summed E-state index contributed by atoms with van der Waals surface area (Å²) < 4.78 is 0. The van der Waals surface area contributed by atoms with Crippen molar-refractivity contribution in [3.63, 3.8) is 0 Å². The third-order valence-electron chi connectivity index (χ3n) is 4.04. The van der Waals surface area contributed by atoms with Crippen LogP contribution in [0.2, 0.25) is 0 Å². The summed E-state index contributed by atoms with van der Waals surface area (Å²) in [5, 5.41) is 10.9. The van der Waals surface area contributed by atoms with Crippen LogP contribution in [0.1, 0.15) is 49.8 Å². The lowest BCUT2D eigenvalue weighted by molar-refractivity contribution is 0.0327. The van der Waals surface area contributed by atoms with Gasteiger partial charge < -0.3 is 5.11 Å². The molecule has 0 saturated carbocycles. The summed E-state index contributed by atoms with van der Waals surface area (Å²) in [6.07, 6.45) is 1.37. The first-order valence-corrected chi connectivity index (χ1v) is 7.42. The minimum atomic E-state index is -0.777. The summed E-state index contributed by atoms with van der Waals surface area (Å²) in [6, 6.07) is 18.6. The third-order valence-corrected chi connectivity index (χ3v) is 4.04. The van der Waals surface area contributed by atoms with Crippen molar-refractivity contribution in [2.24, 2.45) is 0 Å². The van der Waals surface area contributed by atoms with E-state index in [0.717, 1.165) is 5.56 Å². The predicted octanol–water partition coefficient (Wildman–Crippen LogP) is 4.65. The molecule has 2 aromatic rings. The fourth-order valence-electron chi connectivity index (χ4n) is 2.54. The van der Waals surface area contributed by atoms with Gasteiger partial charge in [0.25, 0.3) is 0 Å². The van der Waals surface area contributed by atoms with E-state index in [1.54, 1.807) is 0 Å². The standard InChI is InChI=1S/C19H24O/c1-4-19(20,18-8-6-5-7-9-18)14-16-10-12-17(13-11-16)15(2)3/h5-13,15,20H,4,14H2,1-3H3. The zero-order valence-electron chi connectivity index (χ0n) is 12.6. The van der Waals surface area contributed by atoms with Crippen molar-refractivity contribution in [1.82, 2.24) is 0 Å². The lowest BCUT2D eigenvalue weighted by Gasteiger charge is -2.27. The molecule has 1 unspecified atom stereocenters. The van der Waals surface area contributed by atoms with E-state index in [2.05, 4.69) is 38.1 Å². The number of hydrogen-bond acceptors (Lipinski definition) is 1. The second-order valence-electron chi connectivity index (χ2n) is 5.82. The van der Waals surface area contributed by atoms with E-state index >= 15 is 0 Å². The zero-order valence-corrected chi connectivity index (χ0v) is 12.6. The second-order valence-corrected chi connectivity index (χ2v) is 5.82. The summed E-state index contributed by atoms with van der Waals surface area (Å²) in [7, 11) is 0. The molecule has 20 heavy (non-hydrogen) atoms. The first-order chi connectivity index (χ1) is 9.55. The summed E-state index contributed by atoms with van der Waals surface area (Å²) in [6.45, 7) is 6.43. The van der Waals surface area contributed by atoms with Crippen LogP contribution in [0.25, 0.3) is 0 Å². The Morgan fingerprint density at radius 2 is 1.55 bits per heavy atom.